The van der Waals surface area contributed by atoms with Crippen LogP contribution in [-0.2, 0) is 0 Å². The number of rotatable bonds is 1. The Balaban J connectivity index is 2.63. The minimum Gasteiger partial charge on any atom is -0.314 e. The molecule has 1 aromatic carbocycles. The van der Waals surface area contributed by atoms with Gasteiger partial charge in [-0.3, -0.25) is 9.59 Å². The highest BCUT2D eigenvalue weighted by molar-refractivity contribution is 5.95. The Morgan fingerprint density at radius 1 is 1.17 bits per heavy atom. The molecule has 1 N–H and O–H groups in total. The maximum Gasteiger partial charge on any atom is 0.335 e. The quantitative estimate of drug-likeness (QED) is 0.803. The monoisotopic (exact) mass is 252 g/mol. The number of carbonyl (C=O) groups is 1. The van der Waals surface area contributed by atoms with Crippen LogP contribution in [0.1, 0.15) is 10.4 Å². The van der Waals surface area contributed by atoms with Crippen LogP contribution in [0, 0.1) is 11.6 Å². The van der Waals surface area contributed by atoms with Gasteiger partial charge in [0, 0.05) is 18.3 Å². The molecule has 0 radical (unpaired) electrons. The molecule has 0 spiro atoms. The van der Waals surface area contributed by atoms with E-state index in [4.69, 9.17) is 0 Å². The first kappa shape index (κ1) is 11.9. The van der Waals surface area contributed by atoms with Crippen LogP contribution in [0.5, 0.6) is 0 Å². The minimum atomic E-state index is -1.15. The van der Waals surface area contributed by atoms with E-state index in [0.29, 0.717) is 6.07 Å². The number of nitrogens with zero attached hydrogens (tertiary/aromatic N) is 1. The molecule has 7 heteroatoms. The average molecular weight is 252 g/mol. The van der Waals surface area contributed by atoms with E-state index in [-0.39, 0.29) is 4.57 Å². The van der Waals surface area contributed by atoms with Crippen LogP contribution in [-0.4, -0.2) is 15.5 Å². The van der Waals surface area contributed by atoms with Crippen LogP contribution >= 0.6 is 0 Å². The zero-order valence-electron chi connectivity index (χ0n) is 8.81. The second-order valence-electron chi connectivity index (χ2n) is 3.39. The highest BCUT2D eigenvalue weighted by atomic mass is 19.1. The fourth-order valence-corrected chi connectivity index (χ4v) is 1.40. The smallest absolute Gasteiger partial charge is 0.314 e. The zero-order valence-corrected chi connectivity index (χ0v) is 8.81. The second-order valence-corrected chi connectivity index (χ2v) is 3.39. The standard InChI is InChI=1S/C11H6F2N2O3/c12-6-1-2-7(8(13)5-6)10(17)15-9(16)3-4-14-11(15)18/h1-5H,(H,14,18). The van der Waals surface area contributed by atoms with Crippen LogP contribution in [0.3, 0.4) is 0 Å². The normalized spacial score (nSPS) is 10.3. The molecular weight excluding hydrogens is 246 g/mol. The summed E-state index contributed by atoms with van der Waals surface area (Å²) in [6.45, 7) is 0. The number of benzene rings is 1. The Kier molecular flexibility index (Phi) is 2.88. The molecule has 0 saturated heterocycles. The summed E-state index contributed by atoms with van der Waals surface area (Å²) in [6, 6.07) is 3.17. The van der Waals surface area contributed by atoms with Crippen molar-refractivity contribution >= 4 is 5.91 Å². The summed E-state index contributed by atoms with van der Waals surface area (Å²) < 4.78 is 26.3. The summed E-state index contributed by atoms with van der Waals surface area (Å²) in [4.78, 5) is 36.6. The third-order valence-electron chi connectivity index (χ3n) is 2.22. The predicted octanol–water partition coefficient (Wildman–Crippen LogP) is 0.503. The molecule has 0 amide bonds. The molecule has 0 atom stereocenters. The molecule has 0 aliphatic rings. The number of hydrogen-bond acceptors (Lipinski definition) is 3. The Labute approximate surface area is 98.3 Å². The SMILES string of the molecule is O=C(c1ccc(F)cc1F)n1c(=O)cc[nH]c1=O. The van der Waals surface area contributed by atoms with Gasteiger partial charge in [-0.05, 0) is 12.1 Å². The molecule has 0 saturated carbocycles. The minimum absolute atomic E-state index is 0.232. The van der Waals surface area contributed by atoms with Crippen LogP contribution in [0.2, 0.25) is 0 Å². The number of hydrogen-bond donors (Lipinski definition) is 1. The molecule has 18 heavy (non-hydrogen) atoms. The maximum atomic E-state index is 13.4. The van der Waals surface area contributed by atoms with Crippen LogP contribution in [0.25, 0.3) is 0 Å². The molecule has 0 unspecified atom stereocenters. The van der Waals surface area contributed by atoms with Crippen molar-refractivity contribution in [2.75, 3.05) is 0 Å². The van der Waals surface area contributed by atoms with Crippen LogP contribution < -0.4 is 11.2 Å². The van der Waals surface area contributed by atoms with E-state index in [9.17, 15) is 23.2 Å². The summed E-state index contributed by atoms with van der Waals surface area (Å²) in [5.41, 5.74) is -2.45. The van der Waals surface area contributed by atoms with Crippen molar-refractivity contribution in [2.45, 2.75) is 0 Å². The van der Waals surface area contributed by atoms with Gasteiger partial charge < -0.3 is 4.98 Å². The number of nitrogens with one attached hydrogen (secondary N) is 1. The lowest BCUT2D eigenvalue weighted by atomic mass is 10.2. The highest BCUT2D eigenvalue weighted by Crippen LogP contribution is 2.09. The second kappa shape index (κ2) is 4.36. The maximum absolute atomic E-state index is 13.4. The molecule has 0 aliphatic carbocycles. The van der Waals surface area contributed by atoms with E-state index in [2.05, 4.69) is 4.98 Å². The zero-order chi connectivity index (χ0) is 13.3. The number of H-pyrrole nitrogens is 1. The lowest BCUT2D eigenvalue weighted by Gasteiger charge is -2.03. The van der Waals surface area contributed by atoms with Gasteiger partial charge in [0.25, 0.3) is 11.5 Å². The lowest BCUT2D eigenvalue weighted by molar-refractivity contribution is 0.0946. The first-order valence-corrected chi connectivity index (χ1v) is 4.81. The lowest BCUT2D eigenvalue weighted by Crippen LogP contribution is -2.39. The Hall–Kier alpha value is -2.57. The van der Waals surface area contributed by atoms with E-state index in [1.54, 1.807) is 0 Å². The fraction of sp³-hybridized carbons (Fsp3) is 0. The van der Waals surface area contributed by atoms with Gasteiger partial charge in [-0.25, -0.2) is 13.6 Å². The third kappa shape index (κ3) is 1.97. The number of halogens is 2. The fourth-order valence-electron chi connectivity index (χ4n) is 1.40. The summed E-state index contributed by atoms with van der Waals surface area (Å²) in [6.07, 6.45) is 1.06. The number of carbonyl (C=O) groups excluding carboxylic acids is 1. The van der Waals surface area contributed by atoms with Crippen molar-refractivity contribution in [1.82, 2.24) is 9.55 Å². The van der Waals surface area contributed by atoms with Gasteiger partial charge in [-0.15, -0.1) is 0 Å². The Morgan fingerprint density at radius 2 is 1.89 bits per heavy atom. The number of aromatic nitrogens is 2. The highest BCUT2D eigenvalue weighted by Gasteiger charge is 2.17. The van der Waals surface area contributed by atoms with E-state index in [1.807, 2.05) is 0 Å². The van der Waals surface area contributed by atoms with E-state index in [0.717, 1.165) is 24.4 Å². The Morgan fingerprint density at radius 3 is 2.50 bits per heavy atom. The molecule has 2 aromatic rings. The summed E-state index contributed by atoms with van der Waals surface area (Å²) in [5.74, 6) is -3.16. The van der Waals surface area contributed by atoms with Gasteiger partial charge in [0.15, 0.2) is 0 Å². The Bertz CT molecular complexity index is 705. The van der Waals surface area contributed by atoms with Crippen LogP contribution in [0.15, 0.2) is 40.1 Å². The molecular formula is C11H6F2N2O3. The van der Waals surface area contributed by atoms with E-state index < -0.39 is 34.4 Å². The van der Waals surface area contributed by atoms with E-state index >= 15 is 0 Å². The van der Waals surface area contributed by atoms with Crippen molar-refractivity contribution in [3.05, 3.63) is 68.5 Å². The topological polar surface area (TPSA) is 71.9 Å². The molecule has 0 bridgehead atoms. The van der Waals surface area contributed by atoms with Gasteiger partial charge in [0.05, 0.1) is 5.56 Å². The molecule has 5 nitrogen and oxygen atoms in total. The van der Waals surface area contributed by atoms with Gasteiger partial charge in [-0.2, -0.15) is 4.57 Å². The summed E-state index contributed by atoms with van der Waals surface area (Å²) >= 11 is 0. The van der Waals surface area contributed by atoms with Gasteiger partial charge in [-0.1, -0.05) is 0 Å². The summed E-state index contributed by atoms with van der Waals surface area (Å²) in [7, 11) is 0. The number of aromatic amines is 1. The first-order valence-electron chi connectivity index (χ1n) is 4.81. The molecule has 1 heterocycles. The van der Waals surface area contributed by atoms with Crippen molar-refractivity contribution in [3.63, 3.8) is 0 Å². The van der Waals surface area contributed by atoms with Gasteiger partial charge in [0.2, 0.25) is 0 Å². The van der Waals surface area contributed by atoms with Crippen LogP contribution in [0.4, 0.5) is 8.78 Å². The molecule has 1 aromatic heterocycles. The van der Waals surface area contributed by atoms with Crippen molar-refractivity contribution in [3.8, 4) is 0 Å². The van der Waals surface area contributed by atoms with Gasteiger partial charge in [0.1, 0.15) is 11.6 Å². The van der Waals surface area contributed by atoms with Crippen molar-refractivity contribution < 1.29 is 13.6 Å². The first-order chi connectivity index (χ1) is 8.50. The third-order valence-corrected chi connectivity index (χ3v) is 2.22. The largest absolute Gasteiger partial charge is 0.335 e. The van der Waals surface area contributed by atoms with Gasteiger partial charge >= 0.3 is 5.69 Å². The molecule has 2 rings (SSSR count). The summed E-state index contributed by atoms with van der Waals surface area (Å²) in [5, 5.41) is 0. The predicted molar refractivity (Wildman–Crippen MR) is 57.4 cm³/mol. The average Bonchev–Trinajstić information content (AvgIpc) is 2.28. The van der Waals surface area contributed by atoms with Crippen molar-refractivity contribution in [2.24, 2.45) is 0 Å². The molecule has 92 valence electrons. The molecule has 0 aliphatic heterocycles. The molecule has 0 fully saturated rings. The van der Waals surface area contributed by atoms with E-state index in [1.165, 1.54) is 0 Å². The van der Waals surface area contributed by atoms with Crippen molar-refractivity contribution in [1.29, 1.82) is 0 Å².